The first-order chi connectivity index (χ1) is 11.7. The highest BCUT2D eigenvalue weighted by Gasteiger charge is 2.36. The maximum Gasteiger partial charge on any atom is 0.232 e. The fraction of sp³-hybridized carbons (Fsp3) is 0.250. The summed E-state index contributed by atoms with van der Waals surface area (Å²) in [5, 5.41) is 2.63. The molecule has 0 spiro atoms. The predicted octanol–water partition coefficient (Wildman–Crippen LogP) is 1.20. The third-order valence-corrected chi connectivity index (χ3v) is 3.96. The fourth-order valence-corrected chi connectivity index (χ4v) is 2.76. The molecule has 1 aromatic carbocycles. The average molecular weight is 326 g/mol. The van der Waals surface area contributed by atoms with Crippen molar-refractivity contribution in [2.24, 2.45) is 5.92 Å². The van der Waals surface area contributed by atoms with E-state index in [2.05, 4.69) is 15.3 Å². The van der Waals surface area contributed by atoms with Gasteiger partial charge in [0.25, 0.3) is 0 Å². The number of hydrogen-bond donors (Lipinski definition) is 1. The largest absolute Gasteiger partial charge is 0.454 e. The zero-order chi connectivity index (χ0) is 16.5. The smallest absolute Gasteiger partial charge is 0.232 e. The number of benzene rings is 1. The Kier molecular flexibility index (Phi) is 3.49. The number of ether oxygens (including phenoxy) is 2. The second-order valence-electron chi connectivity index (χ2n) is 5.50. The van der Waals surface area contributed by atoms with Crippen LogP contribution in [0.4, 0.5) is 11.6 Å². The molecule has 8 heteroatoms. The molecule has 3 heterocycles. The van der Waals surface area contributed by atoms with Gasteiger partial charge >= 0.3 is 0 Å². The highest BCUT2D eigenvalue weighted by molar-refractivity contribution is 6.03. The van der Waals surface area contributed by atoms with Crippen LogP contribution in [0.1, 0.15) is 6.42 Å². The minimum Gasteiger partial charge on any atom is -0.454 e. The Hall–Kier alpha value is -3.16. The molecule has 0 radical (unpaired) electrons. The van der Waals surface area contributed by atoms with Crippen molar-refractivity contribution < 1.29 is 19.1 Å². The maximum absolute atomic E-state index is 12.3. The quantitative estimate of drug-likeness (QED) is 0.911. The summed E-state index contributed by atoms with van der Waals surface area (Å²) in [6, 6.07) is 6.96. The van der Waals surface area contributed by atoms with Crippen LogP contribution >= 0.6 is 0 Å². The Bertz CT molecular complexity index is 796. The Morgan fingerprint density at radius 3 is 2.83 bits per heavy atom. The van der Waals surface area contributed by atoms with Gasteiger partial charge in [0.15, 0.2) is 11.5 Å². The lowest BCUT2D eigenvalue weighted by Gasteiger charge is -2.17. The maximum atomic E-state index is 12.3. The third kappa shape index (κ3) is 2.62. The van der Waals surface area contributed by atoms with Crippen molar-refractivity contribution in [3.8, 4) is 11.5 Å². The molecule has 8 nitrogen and oxygen atoms in total. The lowest BCUT2D eigenvalue weighted by atomic mass is 10.1. The Balaban J connectivity index is 1.48. The normalized spacial score (nSPS) is 18.8. The molecule has 0 saturated carbocycles. The fourth-order valence-electron chi connectivity index (χ4n) is 2.76. The minimum atomic E-state index is -0.452. The summed E-state index contributed by atoms with van der Waals surface area (Å²) >= 11 is 0. The summed E-state index contributed by atoms with van der Waals surface area (Å²) in [7, 11) is 0. The van der Waals surface area contributed by atoms with E-state index in [1.165, 1.54) is 0 Å². The Morgan fingerprint density at radius 1 is 1.21 bits per heavy atom. The molecule has 0 aliphatic carbocycles. The van der Waals surface area contributed by atoms with E-state index in [4.69, 9.17) is 9.47 Å². The van der Waals surface area contributed by atoms with Crippen molar-refractivity contribution in [1.29, 1.82) is 0 Å². The molecular formula is C16H14N4O4. The van der Waals surface area contributed by atoms with Gasteiger partial charge in [-0.2, -0.15) is 0 Å². The standard InChI is InChI=1S/C16H14N4O4/c21-14-6-10(15(22)19-16-17-4-1-5-18-16)8-20(14)11-2-3-12-13(7-11)24-9-23-12/h1-5,7,10H,6,8-9H2,(H,17,18,19,22). The van der Waals surface area contributed by atoms with Gasteiger partial charge in [0, 0.05) is 37.1 Å². The van der Waals surface area contributed by atoms with Gasteiger partial charge in [0.2, 0.25) is 24.6 Å². The topological polar surface area (TPSA) is 93.7 Å². The Labute approximate surface area is 137 Å². The molecule has 2 amide bonds. The lowest BCUT2D eigenvalue weighted by molar-refractivity contribution is -0.122. The average Bonchev–Trinajstić information content (AvgIpc) is 3.21. The van der Waals surface area contributed by atoms with Gasteiger partial charge in [-0.05, 0) is 18.2 Å². The lowest BCUT2D eigenvalue weighted by Crippen LogP contribution is -2.28. The second-order valence-corrected chi connectivity index (χ2v) is 5.50. The monoisotopic (exact) mass is 326 g/mol. The van der Waals surface area contributed by atoms with Crippen molar-refractivity contribution in [2.45, 2.75) is 6.42 Å². The van der Waals surface area contributed by atoms with E-state index in [0.717, 1.165) is 0 Å². The molecule has 1 unspecified atom stereocenters. The van der Waals surface area contributed by atoms with Crippen LogP contribution in [0.15, 0.2) is 36.7 Å². The first-order valence-electron chi connectivity index (χ1n) is 7.48. The van der Waals surface area contributed by atoms with Crippen molar-refractivity contribution in [3.05, 3.63) is 36.7 Å². The number of fused-ring (bicyclic) bond motifs is 1. The number of anilines is 2. The van der Waals surface area contributed by atoms with Crippen LogP contribution < -0.4 is 19.7 Å². The van der Waals surface area contributed by atoms with E-state index >= 15 is 0 Å². The van der Waals surface area contributed by atoms with Gasteiger partial charge in [-0.1, -0.05) is 0 Å². The number of rotatable bonds is 3. The van der Waals surface area contributed by atoms with Crippen LogP contribution in [-0.4, -0.2) is 35.1 Å². The second kappa shape index (κ2) is 5.80. The molecule has 1 saturated heterocycles. The van der Waals surface area contributed by atoms with E-state index < -0.39 is 5.92 Å². The van der Waals surface area contributed by atoms with E-state index in [-0.39, 0.29) is 31.0 Å². The molecule has 2 aliphatic rings. The van der Waals surface area contributed by atoms with Crippen LogP contribution in [0.2, 0.25) is 0 Å². The zero-order valence-corrected chi connectivity index (χ0v) is 12.6. The molecule has 122 valence electrons. The molecular weight excluding hydrogens is 312 g/mol. The number of carbonyl (C=O) groups is 2. The molecule has 2 aliphatic heterocycles. The van der Waals surface area contributed by atoms with E-state index in [9.17, 15) is 9.59 Å². The number of aromatic nitrogens is 2. The van der Waals surface area contributed by atoms with Gasteiger partial charge in [-0.15, -0.1) is 0 Å². The first-order valence-corrected chi connectivity index (χ1v) is 7.48. The molecule has 1 fully saturated rings. The highest BCUT2D eigenvalue weighted by Crippen LogP contribution is 2.37. The number of nitrogens with one attached hydrogen (secondary N) is 1. The van der Waals surface area contributed by atoms with Crippen LogP contribution in [0, 0.1) is 5.92 Å². The Morgan fingerprint density at radius 2 is 2.00 bits per heavy atom. The minimum absolute atomic E-state index is 0.108. The van der Waals surface area contributed by atoms with E-state index in [0.29, 0.717) is 23.7 Å². The van der Waals surface area contributed by atoms with Gasteiger partial charge in [0.1, 0.15) is 0 Å². The predicted molar refractivity (Wildman–Crippen MR) is 83.7 cm³/mol. The first kappa shape index (κ1) is 14.4. The zero-order valence-electron chi connectivity index (χ0n) is 12.6. The molecule has 4 rings (SSSR count). The summed E-state index contributed by atoms with van der Waals surface area (Å²) in [6.07, 6.45) is 3.23. The number of amides is 2. The van der Waals surface area contributed by atoms with Crippen LogP contribution in [0.3, 0.4) is 0 Å². The third-order valence-electron chi connectivity index (χ3n) is 3.96. The highest BCUT2D eigenvalue weighted by atomic mass is 16.7. The van der Waals surface area contributed by atoms with Gasteiger partial charge in [-0.25, -0.2) is 9.97 Å². The van der Waals surface area contributed by atoms with Crippen molar-refractivity contribution in [3.63, 3.8) is 0 Å². The molecule has 2 aromatic rings. The van der Waals surface area contributed by atoms with Crippen LogP contribution in [-0.2, 0) is 9.59 Å². The molecule has 1 aromatic heterocycles. The summed E-state index contributed by atoms with van der Waals surface area (Å²) in [5.41, 5.74) is 0.690. The van der Waals surface area contributed by atoms with Crippen LogP contribution in [0.5, 0.6) is 11.5 Å². The van der Waals surface area contributed by atoms with Gasteiger partial charge in [-0.3, -0.25) is 14.9 Å². The van der Waals surface area contributed by atoms with Gasteiger partial charge in [0.05, 0.1) is 5.92 Å². The van der Waals surface area contributed by atoms with E-state index in [1.54, 1.807) is 41.6 Å². The van der Waals surface area contributed by atoms with Crippen molar-refractivity contribution in [2.75, 3.05) is 23.6 Å². The SMILES string of the molecule is O=C(Nc1ncccn1)C1CC(=O)N(c2ccc3c(c2)OCO3)C1. The van der Waals surface area contributed by atoms with Crippen molar-refractivity contribution in [1.82, 2.24) is 9.97 Å². The van der Waals surface area contributed by atoms with Crippen molar-refractivity contribution >= 4 is 23.5 Å². The molecule has 1 N–H and O–H groups in total. The van der Waals surface area contributed by atoms with Crippen LogP contribution in [0.25, 0.3) is 0 Å². The van der Waals surface area contributed by atoms with E-state index in [1.807, 2.05) is 0 Å². The number of nitrogens with zero attached hydrogens (tertiary/aromatic N) is 3. The molecule has 1 atom stereocenters. The summed E-state index contributed by atoms with van der Waals surface area (Å²) < 4.78 is 10.6. The summed E-state index contributed by atoms with van der Waals surface area (Å²) in [5.74, 6) is 0.663. The molecule has 0 bridgehead atoms. The number of hydrogen-bond acceptors (Lipinski definition) is 6. The summed E-state index contributed by atoms with van der Waals surface area (Å²) in [6.45, 7) is 0.478. The molecule has 24 heavy (non-hydrogen) atoms. The number of carbonyl (C=O) groups excluding carboxylic acids is 2. The van der Waals surface area contributed by atoms with Gasteiger partial charge < -0.3 is 14.4 Å². The summed E-state index contributed by atoms with van der Waals surface area (Å²) in [4.78, 5) is 34.1.